The van der Waals surface area contributed by atoms with Gasteiger partial charge < -0.3 is 9.30 Å². The number of carbonyl (C=O) groups is 2. The molecule has 0 spiro atoms. The first kappa shape index (κ1) is 15.0. The molecule has 2 aromatic heterocycles. The first-order valence-corrected chi connectivity index (χ1v) is 7.58. The Morgan fingerprint density at radius 2 is 1.74 bits per heavy atom. The zero-order valence-corrected chi connectivity index (χ0v) is 13.2. The zero-order valence-electron chi connectivity index (χ0n) is 13.2. The number of nitrogens with zero attached hydrogens (tertiary/aromatic N) is 2. The summed E-state index contributed by atoms with van der Waals surface area (Å²) in [6.07, 6.45) is 1.84. The molecular formula is C19H18N2O2. The quantitative estimate of drug-likeness (QED) is 0.694. The minimum absolute atomic E-state index is 0.0849. The molecule has 116 valence electrons. The molecule has 0 atom stereocenters. The van der Waals surface area contributed by atoms with Gasteiger partial charge in [-0.05, 0) is 31.2 Å². The van der Waals surface area contributed by atoms with E-state index in [1.54, 1.807) is 30.1 Å². The van der Waals surface area contributed by atoms with Gasteiger partial charge in [-0.15, -0.1) is 0 Å². The molecule has 1 amide bonds. The summed E-state index contributed by atoms with van der Waals surface area (Å²) in [6.45, 7) is 2.54. The maximum absolute atomic E-state index is 12.8. The smallest absolute Gasteiger partial charge is 0.253 e. The average Bonchev–Trinajstić information content (AvgIpc) is 3.08. The summed E-state index contributed by atoms with van der Waals surface area (Å²) >= 11 is 0. The van der Waals surface area contributed by atoms with Gasteiger partial charge in [0.1, 0.15) is 0 Å². The second kappa shape index (κ2) is 6.08. The molecule has 1 aromatic carbocycles. The van der Waals surface area contributed by atoms with Gasteiger partial charge in [-0.2, -0.15) is 0 Å². The molecule has 0 radical (unpaired) electrons. The molecule has 23 heavy (non-hydrogen) atoms. The lowest BCUT2D eigenvalue weighted by Crippen LogP contribution is -2.26. The molecule has 0 aliphatic heterocycles. The van der Waals surface area contributed by atoms with E-state index in [0.29, 0.717) is 23.4 Å². The second-order valence-corrected chi connectivity index (χ2v) is 5.45. The molecule has 0 saturated carbocycles. The molecule has 0 N–H and O–H groups in total. The zero-order chi connectivity index (χ0) is 16.4. The number of rotatable bonds is 4. The molecule has 3 rings (SSSR count). The van der Waals surface area contributed by atoms with Crippen LogP contribution in [0.1, 0.15) is 33.3 Å². The van der Waals surface area contributed by atoms with Crippen LogP contribution in [0.15, 0.2) is 60.8 Å². The van der Waals surface area contributed by atoms with Crippen LogP contribution >= 0.6 is 0 Å². The summed E-state index contributed by atoms with van der Waals surface area (Å²) < 4.78 is 1.82. The Kier molecular flexibility index (Phi) is 3.98. The van der Waals surface area contributed by atoms with Crippen molar-refractivity contribution < 1.29 is 9.59 Å². The van der Waals surface area contributed by atoms with Crippen LogP contribution in [0.3, 0.4) is 0 Å². The van der Waals surface area contributed by atoms with E-state index in [2.05, 4.69) is 0 Å². The fraction of sp³-hybridized carbons (Fsp3) is 0.158. The topological polar surface area (TPSA) is 41.8 Å². The number of benzene rings is 1. The number of hydrogen-bond donors (Lipinski definition) is 0. The van der Waals surface area contributed by atoms with Gasteiger partial charge in [0.2, 0.25) is 5.78 Å². The summed E-state index contributed by atoms with van der Waals surface area (Å²) in [4.78, 5) is 26.9. The highest BCUT2D eigenvalue weighted by Crippen LogP contribution is 2.18. The van der Waals surface area contributed by atoms with Crippen LogP contribution in [-0.4, -0.2) is 34.6 Å². The van der Waals surface area contributed by atoms with Gasteiger partial charge in [-0.1, -0.05) is 30.3 Å². The molecule has 0 bridgehead atoms. The van der Waals surface area contributed by atoms with Crippen molar-refractivity contribution in [2.24, 2.45) is 0 Å². The van der Waals surface area contributed by atoms with E-state index in [9.17, 15) is 9.59 Å². The van der Waals surface area contributed by atoms with E-state index in [0.717, 1.165) is 5.52 Å². The molecule has 4 nitrogen and oxygen atoms in total. The SMILES string of the molecule is CCN(C)C(=O)c1cc(C(=O)c2ccccc2)n2cccc2c1. The number of carbonyl (C=O) groups excluding carboxylic acids is 2. The number of amides is 1. The van der Waals surface area contributed by atoms with Gasteiger partial charge in [0, 0.05) is 36.4 Å². The van der Waals surface area contributed by atoms with Crippen LogP contribution in [0, 0.1) is 0 Å². The summed E-state index contributed by atoms with van der Waals surface area (Å²) in [6, 6.07) is 16.4. The Morgan fingerprint density at radius 1 is 1.00 bits per heavy atom. The fourth-order valence-corrected chi connectivity index (χ4v) is 2.55. The van der Waals surface area contributed by atoms with Crippen molar-refractivity contribution in [3.8, 4) is 0 Å². The maximum atomic E-state index is 12.8. The predicted molar refractivity (Wildman–Crippen MR) is 89.9 cm³/mol. The van der Waals surface area contributed by atoms with Gasteiger partial charge >= 0.3 is 0 Å². The van der Waals surface area contributed by atoms with Gasteiger partial charge in [0.15, 0.2) is 0 Å². The summed E-state index contributed by atoms with van der Waals surface area (Å²) in [5.41, 5.74) is 2.46. The molecule has 0 aliphatic carbocycles. The number of hydrogen-bond acceptors (Lipinski definition) is 2. The van der Waals surface area contributed by atoms with Gasteiger partial charge in [0.05, 0.1) is 5.69 Å². The second-order valence-electron chi connectivity index (χ2n) is 5.45. The third-order valence-electron chi connectivity index (χ3n) is 3.97. The van der Waals surface area contributed by atoms with Crippen molar-refractivity contribution in [2.75, 3.05) is 13.6 Å². The molecular weight excluding hydrogens is 288 g/mol. The van der Waals surface area contributed by atoms with Crippen molar-refractivity contribution in [1.82, 2.24) is 9.30 Å². The van der Waals surface area contributed by atoms with Crippen LogP contribution in [0.4, 0.5) is 0 Å². The van der Waals surface area contributed by atoms with E-state index < -0.39 is 0 Å². The third kappa shape index (κ3) is 2.75. The van der Waals surface area contributed by atoms with Crippen molar-refractivity contribution in [1.29, 1.82) is 0 Å². The van der Waals surface area contributed by atoms with Gasteiger partial charge in [0.25, 0.3) is 5.91 Å². The van der Waals surface area contributed by atoms with Crippen LogP contribution in [-0.2, 0) is 0 Å². The normalized spacial score (nSPS) is 10.7. The third-order valence-corrected chi connectivity index (χ3v) is 3.97. The monoisotopic (exact) mass is 306 g/mol. The highest BCUT2D eigenvalue weighted by molar-refractivity contribution is 6.09. The molecule has 2 heterocycles. The van der Waals surface area contributed by atoms with Crippen LogP contribution < -0.4 is 0 Å². The van der Waals surface area contributed by atoms with E-state index in [4.69, 9.17) is 0 Å². The lowest BCUT2D eigenvalue weighted by atomic mass is 10.1. The molecule has 3 aromatic rings. The summed E-state index contributed by atoms with van der Waals surface area (Å²) in [5.74, 6) is -0.182. The Labute approximate surface area is 135 Å². The van der Waals surface area contributed by atoms with E-state index in [-0.39, 0.29) is 11.7 Å². The molecule has 0 saturated heterocycles. The molecule has 0 aliphatic rings. The Balaban J connectivity index is 2.14. The minimum Gasteiger partial charge on any atom is -0.342 e. The van der Waals surface area contributed by atoms with Gasteiger partial charge in [-0.3, -0.25) is 9.59 Å². The Bertz CT molecular complexity index is 865. The fourth-order valence-electron chi connectivity index (χ4n) is 2.55. The number of fused-ring (bicyclic) bond motifs is 1. The highest BCUT2D eigenvalue weighted by atomic mass is 16.2. The van der Waals surface area contributed by atoms with Crippen LogP contribution in [0.5, 0.6) is 0 Å². The maximum Gasteiger partial charge on any atom is 0.253 e. The van der Waals surface area contributed by atoms with Crippen LogP contribution in [0.25, 0.3) is 5.52 Å². The number of pyridine rings is 1. The highest BCUT2D eigenvalue weighted by Gasteiger charge is 2.18. The number of aromatic nitrogens is 1. The van der Waals surface area contributed by atoms with E-state index >= 15 is 0 Å². The van der Waals surface area contributed by atoms with Crippen LogP contribution in [0.2, 0.25) is 0 Å². The standard InChI is InChI=1S/C19H18N2O2/c1-3-20(2)19(23)15-12-16-10-7-11-21(16)17(13-15)18(22)14-8-5-4-6-9-14/h4-13H,3H2,1-2H3. The molecule has 4 heteroatoms. The summed E-state index contributed by atoms with van der Waals surface area (Å²) in [7, 11) is 1.75. The number of ketones is 1. The van der Waals surface area contributed by atoms with Crippen molar-refractivity contribution in [2.45, 2.75) is 6.92 Å². The Hall–Kier alpha value is -2.88. The van der Waals surface area contributed by atoms with E-state index in [1.807, 2.05) is 53.9 Å². The molecule has 0 fully saturated rings. The predicted octanol–water partition coefficient (Wildman–Crippen LogP) is 3.26. The first-order valence-electron chi connectivity index (χ1n) is 7.58. The van der Waals surface area contributed by atoms with Crippen molar-refractivity contribution in [3.63, 3.8) is 0 Å². The summed E-state index contributed by atoms with van der Waals surface area (Å²) in [5, 5.41) is 0. The largest absolute Gasteiger partial charge is 0.342 e. The minimum atomic E-state index is -0.0967. The lowest BCUT2D eigenvalue weighted by Gasteiger charge is -2.16. The molecule has 0 unspecified atom stereocenters. The van der Waals surface area contributed by atoms with Gasteiger partial charge in [-0.25, -0.2) is 0 Å². The van der Waals surface area contributed by atoms with Crippen molar-refractivity contribution >= 4 is 17.2 Å². The average molecular weight is 306 g/mol. The lowest BCUT2D eigenvalue weighted by molar-refractivity contribution is 0.0802. The van der Waals surface area contributed by atoms with E-state index in [1.165, 1.54) is 0 Å². The van der Waals surface area contributed by atoms with Crippen molar-refractivity contribution in [3.05, 3.63) is 77.6 Å². The first-order chi connectivity index (χ1) is 11.1. The Morgan fingerprint density at radius 3 is 2.43 bits per heavy atom.